The predicted molar refractivity (Wildman–Crippen MR) is 303 cm³/mol. The third kappa shape index (κ3) is 8.47. The first-order chi connectivity index (χ1) is 36.2. The SMILES string of the molecule is c1ccc(-c2cc(-c3ccccc3)cc(-c3nc(-c4cc(-c5ccccc5)cc(-c5ccccc5)c4)nc(-c4cccc(-c5cccc6c5c5cc(-c7ccccc7)ccc5n6-c5ccccc5)c4)n3)c2)cc1. The summed E-state index contributed by atoms with van der Waals surface area (Å²) >= 11 is 0. The lowest BCUT2D eigenvalue weighted by Gasteiger charge is -2.14. The van der Waals surface area contributed by atoms with Gasteiger partial charge in [-0.1, -0.05) is 206 Å². The van der Waals surface area contributed by atoms with Crippen molar-refractivity contribution in [3.63, 3.8) is 0 Å². The second-order valence-corrected chi connectivity index (χ2v) is 18.4. The minimum absolute atomic E-state index is 0.588. The van der Waals surface area contributed by atoms with Gasteiger partial charge >= 0.3 is 0 Å². The lowest BCUT2D eigenvalue weighted by Crippen LogP contribution is -2.01. The first kappa shape index (κ1) is 43.3. The highest BCUT2D eigenvalue weighted by atomic mass is 15.0. The summed E-state index contributed by atoms with van der Waals surface area (Å²) in [6, 6.07) is 99.1. The van der Waals surface area contributed by atoms with Crippen LogP contribution in [0.1, 0.15) is 0 Å². The monoisotopic (exact) mass is 930 g/mol. The summed E-state index contributed by atoms with van der Waals surface area (Å²) in [4.78, 5) is 16.3. The molecule has 0 bridgehead atoms. The molecule has 2 heterocycles. The van der Waals surface area contributed by atoms with Crippen LogP contribution in [0.5, 0.6) is 0 Å². The number of benzene rings is 11. The second kappa shape index (κ2) is 18.9. The van der Waals surface area contributed by atoms with E-state index in [2.05, 4.69) is 284 Å². The van der Waals surface area contributed by atoms with Crippen LogP contribution in [0.3, 0.4) is 0 Å². The van der Waals surface area contributed by atoms with Crippen molar-refractivity contribution >= 4 is 21.8 Å². The van der Waals surface area contributed by atoms with E-state index in [9.17, 15) is 0 Å². The van der Waals surface area contributed by atoms with E-state index in [1.165, 1.54) is 21.9 Å². The normalized spacial score (nSPS) is 11.3. The maximum Gasteiger partial charge on any atom is 0.164 e. The molecule has 4 heteroatoms. The van der Waals surface area contributed by atoms with E-state index in [0.717, 1.165) is 89.0 Å². The van der Waals surface area contributed by atoms with Gasteiger partial charge in [0.25, 0.3) is 0 Å². The van der Waals surface area contributed by atoms with Crippen LogP contribution in [0.25, 0.3) is 128 Å². The Hall–Kier alpha value is -9.77. The zero-order valence-corrected chi connectivity index (χ0v) is 39.8. The number of fused-ring (bicyclic) bond motifs is 3. The Morgan fingerprint density at radius 3 is 1.04 bits per heavy atom. The second-order valence-electron chi connectivity index (χ2n) is 18.4. The molecule has 0 saturated heterocycles. The molecule has 4 nitrogen and oxygen atoms in total. The first-order valence-corrected chi connectivity index (χ1v) is 24.7. The lowest BCUT2D eigenvalue weighted by atomic mass is 9.95. The molecule has 11 aromatic carbocycles. The Kier molecular flexibility index (Phi) is 11.2. The van der Waals surface area contributed by atoms with E-state index in [4.69, 9.17) is 15.0 Å². The van der Waals surface area contributed by atoms with Crippen LogP contribution in [-0.4, -0.2) is 19.5 Å². The average molecular weight is 931 g/mol. The van der Waals surface area contributed by atoms with E-state index < -0.39 is 0 Å². The van der Waals surface area contributed by atoms with E-state index >= 15 is 0 Å². The standard InChI is InChI=1S/C69H46N4/c1-7-21-47(22-8-1)52-37-38-64-63(46-52)66-62(35-20-36-65(66)73(64)61-33-17-6-18-34-61)53-31-19-32-54(39-53)67-70-68(59-42-55(48-23-9-2-10-24-48)40-56(43-59)49-25-11-3-12-26-49)72-69(71-67)60-44-57(50-27-13-4-14-28-50)41-58(45-60)51-29-15-5-16-30-51/h1-46H. The summed E-state index contributed by atoms with van der Waals surface area (Å²) in [7, 11) is 0. The van der Waals surface area contributed by atoms with Gasteiger partial charge in [0.15, 0.2) is 17.5 Å². The fourth-order valence-corrected chi connectivity index (χ4v) is 10.3. The lowest BCUT2D eigenvalue weighted by molar-refractivity contribution is 1.07. The number of aromatic nitrogens is 4. The number of nitrogens with zero attached hydrogens (tertiary/aromatic N) is 4. The Balaban J connectivity index is 1.04. The molecule has 0 N–H and O–H groups in total. The fraction of sp³-hybridized carbons (Fsp3) is 0. The van der Waals surface area contributed by atoms with Gasteiger partial charge in [0.1, 0.15) is 0 Å². The summed E-state index contributed by atoms with van der Waals surface area (Å²) in [6.45, 7) is 0. The highest BCUT2D eigenvalue weighted by Gasteiger charge is 2.20. The van der Waals surface area contributed by atoms with Gasteiger partial charge < -0.3 is 4.57 Å². The molecule has 73 heavy (non-hydrogen) atoms. The summed E-state index contributed by atoms with van der Waals surface area (Å²) in [5, 5.41) is 2.37. The third-order valence-electron chi connectivity index (χ3n) is 13.8. The summed E-state index contributed by atoms with van der Waals surface area (Å²) < 4.78 is 2.39. The Morgan fingerprint density at radius 2 is 0.575 bits per heavy atom. The molecule has 0 amide bonds. The molecular weight excluding hydrogens is 885 g/mol. The largest absolute Gasteiger partial charge is 0.309 e. The topological polar surface area (TPSA) is 43.6 Å². The van der Waals surface area contributed by atoms with Crippen LogP contribution in [0, 0.1) is 0 Å². The van der Waals surface area contributed by atoms with Crippen LogP contribution in [0.4, 0.5) is 0 Å². The molecule has 0 saturated carbocycles. The quantitative estimate of drug-likeness (QED) is 0.137. The van der Waals surface area contributed by atoms with Crippen molar-refractivity contribution in [2.45, 2.75) is 0 Å². The maximum absolute atomic E-state index is 5.44. The van der Waals surface area contributed by atoms with Crippen molar-refractivity contribution in [2.24, 2.45) is 0 Å². The fourth-order valence-electron chi connectivity index (χ4n) is 10.3. The van der Waals surface area contributed by atoms with Gasteiger partial charge in [-0.05, 0) is 140 Å². The maximum atomic E-state index is 5.44. The number of hydrogen-bond donors (Lipinski definition) is 0. The van der Waals surface area contributed by atoms with Gasteiger partial charge in [-0.15, -0.1) is 0 Å². The molecule has 13 rings (SSSR count). The van der Waals surface area contributed by atoms with Crippen LogP contribution < -0.4 is 0 Å². The van der Waals surface area contributed by atoms with E-state index in [-0.39, 0.29) is 0 Å². The van der Waals surface area contributed by atoms with Crippen LogP contribution in [-0.2, 0) is 0 Å². The van der Waals surface area contributed by atoms with Gasteiger partial charge in [-0.3, -0.25) is 0 Å². The Morgan fingerprint density at radius 1 is 0.219 bits per heavy atom. The molecule has 13 aromatic rings. The van der Waals surface area contributed by atoms with Gasteiger partial charge in [-0.25, -0.2) is 15.0 Å². The zero-order valence-electron chi connectivity index (χ0n) is 39.8. The van der Waals surface area contributed by atoms with Crippen molar-refractivity contribution in [2.75, 3.05) is 0 Å². The molecule has 0 unspecified atom stereocenters. The van der Waals surface area contributed by atoms with Crippen LogP contribution in [0.2, 0.25) is 0 Å². The van der Waals surface area contributed by atoms with Crippen molar-refractivity contribution in [3.8, 4) is 107 Å². The summed E-state index contributed by atoms with van der Waals surface area (Å²) in [5.41, 5.74) is 19.4. The van der Waals surface area contributed by atoms with Gasteiger partial charge in [0, 0.05) is 33.2 Å². The summed E-state index contributed by atoms with van der Waals surface area (Å²) in [5.74, 6) is 1.77. The molecule has 0 atom stereocenters. The highest BCUT2D eigenvalue weighted by molar-refractivity contribution is 6.16. The minimum Gasteiger partial charge on any atom is -0.309 e. The van der Waals surface area contributed by atoms with Gasteiger partial charge in [-0.2, -0.15) is 0 Å². The number of para-hydroxylation sites is 1. The minimum atomic E-state index is 0.588. The van der Waals surface area contributed by atoms with Crippen molar-refractivity contribution < 1.29 is 0 Å². The zero-order chi connectivity index (χ0) is 48.5. The Labute approximate surface area is 424 Å². The molecule has 2 aromatic heterocycles. The van der Waals surface area contributed by atoms with Gasteiger partial charge in [0.2, 0.25) is 0 Å². The molecule has 342 valence electrons. The van der Waals surface area contributed by atoms with Crippen LogP contribution >= 0.6 is 0 Å². The highest BCUT2D eigenvalue weighted by Crippen LogP contribution is 2.42. The predicted octanol–water partition coefficient (Wildman–Crippen LogP) is 18.0. The van der Waals surface area contributed by atoms with E-state index in [0.29, 0.717) is 17.5 Å². The molecule has 0 aliphatic carbocycles. The molecule has 0 aliphatic rings. The number of rotatable bonds is 10. The van der Waals surface area contributed by atoms with Crippen LogP contribution in [0.15, 0.2) is 279 Å². The molecule has 0 fully saturated rings. The van der Waals surface area contributed by atoms with Crippen molar-refractivity contribution in [3.05, 3.63) is 279 Å². The molecule has 0 aliphatic heterocycles. The van der Waals surface area contributed by atoms with E-state index in [1.54, 1.807) is 0 Å². The summed E-state index contributed by atoms with van der Waals surface area (Å²) in [6.07, 6.45) is 0. The molecular formula is C69H46N4. The van der Waals surface area contributed by atoms with Crippen molar-refractivity contribution in [1.82, 2.24) is 19.5 Å². The number of hydrogen-bond acceptors (Lipinski definition) is 3. The van der Waals surface area contributed by atoms with Gasteiger partial charge in [0.05, 0.1) is 11.0 Å². The Bertz CT molecular complexity index is 3840. The smallest absolute Gasteiger partial charge is 0.164 e. The third-order valence-corrected chi connectivity index (χ3v) is 13.8. The first-order valence-electron chi connectivity index (χ1n) is 24.7. The van der Waals surface area contributed by atoms with Crippen molar-refractivity contribution in [1.29, 1.82) is 0 Å². The van der Waals surface area contributed by atoms with E-state index in [1.807, 2.05) is 0 Å². The average Bonchev–Trinajstić information content (AvgIpc) is 3.82. The molecule has 0 spiro atoms. The molecule has 0 radical (unpaired) electrons.